The Balaban J connectivity index is 2.09. The molecule has 0 N–H and O–H groups in total. The number of aryl methyl sites for hydroxylation is 1. The molecule has 0 aliphatic rings. The van der Waals surface area contributed by atoms with Gasteiger partial charge >= 0.3 is 5.97 Å². The van der Waals surface area contributed by atoms with Crippen LogP contribution in [0, 0.1) is 5.92 Å². The third-order valence-corrected chi connectivity index (χ3v) is 3.73. The maximum Gasteiger partial charge on any atom is 0.338 e. The number of unbranched alkanes of at least 4 members (excludes halogenated alkanes) is 2. The molecule has 0 aromatic heterocycles. The van der Waals surface area contributed by atoms with Crippen molar-refractivity contribution in [2.75, 3.05) is 19.8 Å². The fourth-order valence-electron chi connectivity index (χ4n) is 2.45. The molecule has 0 spiro atoms. The maximum absolute atomic E-state index is 12.0. The van der Waals surface area contributed by atoms with Gasteiger partial charge in [-0.05, 0) is 36.5 Å². The Morgan fingerprint density at radius 3 is 2.65 bits per heavy atom. The van der Waals surface area contributed by atoms with Gasteiger partial charge in [0.25, 0.3) is 0 Å². The lowest BCUT2D eigenvalue weighted by Gasteiger charge is -2.08. The maximum atomic E-state index is 12.0. The molecule has 0 amide bonds. The first kappa shape index (κ1) is 19.7. The number of rotatable bonds is 12. The molecule has 0 radical (unpaired) electrons. The Labute approximate surface area is 141 Å². The lowest BCUT2D eigenvalue weighted by Crippen LogP contribution is -2.11. The molecule has 130 valence electrons. The number of ether oxygens (including phenoxy) is 2. The zero-order valence-corrected chi connectivity index (χ0v) is 15.0. The Kier molecular flexibility index (Phi) is 10.4. The van der Waals surface area contributed by atoms with Gasteiger partial charge in [0.2, 0.25) is 0 Å². The molecule has 3 heteroatoms. The van der Waals surface area contributed by atoms with Crippen LogP contribution in [0.4, 0.5) is 0 Å². The molecular formula is C20H32O3. The van der Waals surface area contributed by atoms with Gasteiger partial charge in [-0.3, -0.25) is 0 Å². The quantitative estimate of drug-likeness (QED) is 0.400. The Morgan fingerprint density at radius 2 is 1.91 bits per heavy atom. The topological polar surface area (TPSA) is 35.5 Å². The standard InChI is InChI=1S/C20H32O3/c1-4-9-18-11-8-12-19(16-18)20(21)23-15-14-22-13-7-5-6-10-17(2)3/h8,11-12,16-17H,4-7,9-10,13-15H2,1-3H3. The van der Waals surface area contributed by atoms with E-state index in [0.29, 0.717) is 18.8 Å². The van der Waals surface area contributed by atoms with E-state index in [-0.39, 0.29) is 5.97 Å². The number of benzene rings is 1. The van der Waals surface area contributed by atoms with E-state index in [0.717, 1.165) is 31.8 Å². The van der Waals surface area contributed by atoms with E-state index in [2.05, 4.69) is 20.8 Å². The minimum Gasteiger partial charge on any atom is -0.460 e. The van der Waals surface area contributed by atoms with Crippen molar-refractivity contribution >= 4 is 5.97 Å². The van der Waals surface area contributed by atoms with E-state index in [1.165, 1.54) is 24.8 Å². The van der Waals surface area contributed by atoms with Crippen LogP contribution >= 0.6 is 0 Å². The first-order valence-corrected chi connectivity index (χ1v) is 8.97. The highest BCUT2D eigenvalue weighted by molar-refractivity contribution is 5.89. The van der Waals surface area contributed by atoms with Crippen molar-refractivity contribution in [3.05, 3.63) is 35.4 Å². The molecule has 1 rings (SSSR count). The molecule has 0 aliphatic carbocycles. The van der Waals surface area contributed by atoms with Crippen LogP contribution in [0.1, 0.15) is 68.8 Å². The van der Waals surface area contributed by atoms with Crippen molar-refractivity contribution in [3.63, 3.8) is 0 Å². The lowest BCUT2D eigenvalue weighted by molar-refractivity contribution is 0.0312. The molecule has 0 unspecified atom stereocenters. The zero-order valence-electron chi connectivity index (χ0n) is 15.0. The van der Waals surface area contributed by atoms with Crippen LogP contribution in [0.3, 0.4) is 0 Å². The van der Waals surface area contributed by atoms with Crippen LogP contribution in [0.25, 0.3) is 0 Å². The molecule has 0 atom stereocenters. The normalized spacial score (nSPS) is 11.0. The summed E-state index contributed by atoms with van der Waals surface area (Å²) in [6.45, 7) is 8.19. The number of carbonyl (C=O) groups is 1. The summed E-state index contributed by atoms with van der Waals surface area (Å²) in [6, 6.07) is 7.68. The number of esters is 1. The van der Waals surface area contributed by atoms with Crippen LogP contribution in [0.5, 0.6) is 0 Å². The first-order valence-electron chi connectivity index (χ1n) is 8.97. The average Bonchev–Trinajstić information content (AvgIpc) is 2.53. The summed E-state index contributed by atoms with van der Waals surface area (Å²) in [5.74, 6) is 0.523. The van der Waals surface area contributed by atoms with Crippen LogP contribution < -0.4 is 0 Å². The Hall–Kier alpha value is -1.35. The van der Waals surface area contributed by atoms with Crippen LogP contribution in [0.2, 0.25) is 0 Å². The highest BCUT2D eigenvalue weighted by Crippen LogP contribution is 2.09. The summed E-state index contributed by atoms with van der Waals surface area (Å²) in [4.78, 5) is 12.0. The zero-order chi connectivity index (χ0) is 16.9. The van der Waals surface area contributed by atoms with E-state index in [1.807, 2.05) is 18.2 Å². The van der Waals surface area contributed by atoms with Gasteiger partial charge in [0.1, 0.15) is 6.61 Å². The largest absolute Gasteiger partial charge is 0.460 e. The first-order chi connectivity index (χ1) is 11.1. The van der Waals surface area contributed by atoms with Gasteiger partial charge in [-0.15, -0.1) is 0 Å². The van der Waals surface area contributed by atoms with Gasteiger partial charge in [-0.25, -0.2) is 4.79 Å². The molecule has 1 aromatic rings. The molecular weight excluding hydrogens is 288 g/mol. The van der Waals surface area contributed by atoms with Crippen molar-refractivity contribution in [1.29, 1.82) is 0 Å². The van der Waals surface area contributed by atoms with E-state index in [1.54, 1.807) is 6.07 Å². The second kappa shape index (κ2) is 12.1. The number of hydrogen-bond acceptors (Lipinski definition) is 3. The fraction of sp³-hybridized carbons (Fsp3) is 0.650. The average molecular weight is 320 g/mol. The highest BCUT2D eigenvalue weighted by Gasteiger charge is 2.07. The Morgan fingerprint density at radius 1 is 1.09 bits per heavy atom. The van der Waals surface area contributed by atoms with Crippen LogP contribution in [-0.2, 0) is 15.9 Å². The van der Waals surface area contributed by atoms with Gasteiger partial charge in [-0.1, -0.05) is 58.6 Å². The Bertz CT molecular complexity index is 440. The van der Waals surface area contributed by atoms with Crippen molar-refractivity contribution in [3.8, 4) is 0 Å². The van der Waals surface area contributed by atoms with Gasteiger partial charge in [0.05, 0.1) is 12.2 Å². The van der Waals surface area contributed by atoms with E-state index in [9.17, 15) is 4.79 Å². The van der Waals surface area contributed by atoms with E-state index >= 15 is 0 Å². The number of carbonyl (C=O) groups excluding carboxylic acids is 1. The smallest absolute Gasteiger partial charge is 0.338 e. The second-order valence-electron chi connectivity index (χ2n) is 6.44. The van der Waals surface area contributed by atoms with Crippen molar-refractivity contribution in [2.45, 2.75) is 59.3 Å². The SMILES string of the molecule is CCCc1cccc(C(=O)OCCOCCCCCC(C)C)c1. The predicted molar refractivity (Wildman–Crippen MR) is 94.8 cm³/mol. The molecule has 3 nitrogen and oxygen atoms in total. The van der Waals surface area contributed by atoms with E-state index in [4.69, 9.17) is 9.47 Å². The van der Waals surface area contributed by atoms with Crippen molar-refractivity contribution in [2.24, 2.45) is 5.92 Å². The summed E-state index contributed by atoms with van der Waals surface area (Å²) in [5, 5.41) is 0. The summed E-state index contributed by atoms with van der Waals surface area (Å²) in [5.41, 5.74) is 1.81. The summed E-state index contributed by atoms with van der Waals surface area (Å²) in [7, 11) is 0. The van der Waals surface area contributed by atoms with Gasteiger partial charge in [0.15, 0.2) is 0 Å². The molecule has 0 bridgehead atoms. The van der Waals surface area contributed by atoms with Crippen molar-refractivity contribution in [1.82, 2.24) is 0 Å². The van der Waals surface area contributed by atoms with E-state index < -0.39 is 0 Å². The minimum atomic E-state index is -0.261. The monoisotopic (exact) mass is 320 g/mol. The second-order valence-corrected chi connectivity index (χ2v) is 6.44. The number of hydrogen-bond donors (Lipinski definition) is 0. The molecule has 1 aromatic carbocycles. The molecule has 23 heavy (non-hydrogen) atoms. The minimum absolute atomic E-state index is 0.261. The van der Waals surface area contributed by atoms with Crippen molar-refractivity contribution < 1.29 is 14.3 Å². The third-order valence-electron chi connectivity index (χ3n) is 3.73. The summed E-state index contributed by atoms with van der Waals surface area (Å²) < 4.78 is 10.8. The summed E-state index contributed by atoms with van der Waals surface area (Å²) in [6.07, 6.45) is 6.91. The molecule has 0 heterocycles. The van der Waals surface area contributed by atoms with Gasteiger partial charge < -0.3 is 9.47 Å². The molecule has 0 saturated heterocycles. The summed E-state index contributed by atoms with van der Waals surface area (Å²) >= 11 is 0. The lowest BCUT2D eigenvalue weighted by atomic mass is 10.1. The van der Waals surface area contributed by atoms with Crippen LogP contribution in [-0.4, -0.2) is 25.8 Å². The molecule has 0 saturated carbocycles. The predicted octanol–water partition coefficient (Wildman–Crippen LogP) is 5.03. The fourth-order valence-corrected chi connectivity index (χ4v) is 2.45. The van der Waals surface area contributed by atoms with Crippen LogP contribution in [0.15, 0.2) is 24.3 Å². The van der Waals surface area contributed by atoms with Gasteiger partial charge in [-0.2, -0.15) is 0 Å². The highest BCUT2D eigenvalue weighted by atomic mass is 16.6. The molecule has 0 fully saturated rings. The molecule has 0 aliphatic heterocycles. The van der Waals surface area contributed by atoms with Gasteiger partial charge in [0, 0.05) is 6.61 Å². The third kappa shape index (κ3) is 9.39.